The molecule has 0 bridgehead atoms. The van der Waals surface area contributed by atoms with Crippen molar-refractivity contribution in [2.45, 2.75) is 32.6 Å². The highest BCUT2D eigenvalue weighted by molar-refractivity contribution is 5.95. The van der Waals surface area contributed by atoms with Crippen molar-refractivity contribution in [2.75, 3.05) is 0 Å². The van der Waals surface area contributed by atoms with Crippen LogP contribution >= 0.6 is 0 Å². The lowest BCUT2D eigenvalue weighted by Crippen LogP contribution is -2.01. The van der Waals surface area contributed by atoms with E-state index in [4.69, 9.17) is 4.42 Å². The molecule has 0 aromatic carbocycles. The number of aryl methyl sites for hydroxylation is 1. The summed E-state index contributed by atoms with van der Waals surface area (Å²) in [6, 6.07) is 0. The van der Waals surface area contributed by atoms with Crippen molar-refractivity contribution in [2.24, 2.45) is 5.92 Å². The quantitative estimate of drug-likeness (QED) is 0.660. The fourth-order valence-corrected chi connectivity index (χ4v) is 1.19. The van der Waals surface area contributed by atoms with Crippen molar-refractivity contribution in [3.63, 3.8) is 0 Å². The van der Waals surface area contributed by atoms with Gasteiger partial charge in [-0.2, -0.15) is 0 Å². The number of rotatable bonds is 4. The van der Waals surface area contributed by atoms with Gasteiger partial charge in [-0.25, -0.2) is 0 Å². The van der Waals surface area contributed by atoms with Crippen LogP contribution in [0.15, 0.2) is 4.42 Å². The maximum Gasteiger partial charge on any atom is 0.284 e. The van der Waals surface area contributed by atoms with E-state index in [9.17, 15) is 4.79 Å². The number of aromatic nitrogens is 2. The van der Waals surface area contributed by atoms with Gasteiger partial charge in [0.2, 0.25) is 11.7 Å². The van der Waals surface area contributed by atoms with E-state index in [1.165, 1.54) is 0 Å². The van der Waals surface area contributed by atoms with Gasteiger partial charge in [0, 0.05) is 12.3 Å². The molecule has 0 atom stereocenters. The Kier molecular flexibility index (Phi) is 2.12. The molecule has 1 fully saturated rings. The minimum Gasteiger partial charge on any atom is -0.418 e. The van der Waals surface area contributed by atoms with E-state index in [1.807, 2.05) is 6.92 Å². The molecule has 0 aliphatic heterocycles. The van der Waals surface area contributed by atoms with Crippen LogP contribution < -0.4 is 0 Å². The zero-order valence-electron chi connectivity index (χ0n) is 7.62. The van der Waals surface area contributed by atoms with Crippen LogP contribution in [-0.4, -0.2) is 16.0 Å². The second-order valence-corrected chi connectivity index (χ2v) is 3.39. The van der Waals surface area contributed by atoms with Crippen LogP contribution in [0.25, 0.3) is 0 Å². The second kappa shape index (κ2) is 3.28. The van der Waals surface area contributed by atoms with Crippen LogP contribution in [0, 0.1) is 5.92 Å². The van der Waals surface area contributed by atoms with Crippen molar-refractivity contribution >= 4 is 5.78 Å². The number of hydrogen-bond acceptors (Lipinski definition) is 4. The van der Waals surface area contributed by atoms with Crippen LogP contribution in [0.2, 0.25) is 0 Å². The first-order chi connectivity index (χ1) is 6.31. The molecule has 4 heteroatoms. The van der Waals surface area contributed by atoms with E-state index in [1.54, 1.807) is 0 Å². The van der Waals surface area contributed by atoms with E-state index >= 15 is 0 Å². The molecule has 1 aliphatic carbocycles. The molecule has 1 aromatic rings. The summed E-state index contributed by atoms with van der Waals surface area (Å²) in [6.07, 6.45) is 3.67. The van der Waals surface area contributed by atoms with Crippen molar-refractivity contribution in [3.05, 3.63) is 11.8 Å². The summed E-state index contributed by atoms with van der Waals surface area (Å²) in [7, 11) is 0. The number of nitrogens with zero attached hydrogens (tertiary/aromatic N) is 2. The number of Topliss-reactive ketones (excluding diaryl/α,β-unsaturated/α-hetero) is 1. The average molecular weight is 180 g/mol. The molecule has 0 radical (unpaired) electrons. The fraction of sp³-hybridized carbons (Fsp3) is 0.667. The Morgan fingerprint density at radius 3 is 2.92 bits per heavy atom. The molecule has 0 spiro atoms. The summed E-state index contributed by atoms with van der Waals surface area (Å²) in [5, 5.41) is 7.53. The molecular weight excluding hydrogens is 168 g/mol. The van der Waals surface area contributed by atoms with Crippen LogP contribution in [0.4, 0.5) is 0 Å². The third-order valence-corrected chi connectivity index (χ3v) is 2.09. The Hall–Kier alpha value is -1.19. The Morgan fingerprint density at radius 2 is 2.31 bits per heavy atom. The first-order valence-electron chi connectivity index (χ1n) is 4.68. The highest BCUT2D eigenvalue weighted by Crippen LogP contribution is 2.32. The van der Waals surface area contributed by atoms with Crippen LogP contribution in [0.5, 0.6) is 0 Å². The van der Waals surface area contributed by atoms with Crippen LogP contribution in [0.1, 0.15) is 42.8 Å². The van der Waals surface area contributed by atoms with Gasteiger partial charge >= 0.3 is 0 Å². The van der Waals surface area contributed by atoms with E-state index in [0.717, 1.165) is 25.7 Å². The van der Waals surface area contributed by atoms with Gasteiger partial charge < -0.3 is 4.42 Å². The monoisotopic (exact) mass is 180 g/mol. The van der Waals surface area contributed by atoms with E-state index < -0.39 is 0 Å². The Morgan fingerprint density at radius 1 is 1.54 bits per heavy atom. The average Bonchev–Trinajstić information content (AvgIpc) is 2.87. The molecule has 2 rings (SSSR count). The zero-order chi connectivity index (χ0) is 9.26. The lowest BCUT2D eigenvalue weighted by Gasteiger charge is -1.88. The highest BCUT2D eigenvalue weighted by Gasteiger charge is 2.33. The third kappa shape index (κ3) is 1.76. The molecule has 4 nitrogen and oxygen atoms in total. The Balaban J connectivity index is 2.07. The number of ketones is 1. The molecule has 1 heterocycles. The standard InChI is InChI=1S/C9H12N2O2/c1-2-3-7-10-11-9(13-7)8(12)6-4-5-6/h6H,2-5H2,1H3. The fourth-order valence-electron chi connectivity index (χ4n) is 1.19. The highest BCUT2D eigenvalue weighted by atomic mass is 16.4. The summed E-state index contributed by atoms with van der Waals surface area (Å²) >= 11 is 0. The predicted octanol–water partition coefficient (Wildman–Crippen LogP) is 1.61. The predicted molar refractivity (Wildman–Crippen MR) is 45.3 cm³/mol. The van der Waals surface area contributed by atoms with E-state index in [-0.39, 0.29) is 17.6 Å². The molecule has 0 N–H and O–H groups in total. The first kappa shape index (κ1) is 8.41. The summed E-state index contributed by atoms with van der Waals surface area (Å²) < 4.78 is 5.22. The molecule has 1 aromatic heterocycles. The van der Waals surface area contributed by atoms with Gasteiger partial charge in [-0.3, -0.25) is 4.79 Å². The molecule has 1 aliphatic rings. The SMILES string of the molecule is CCCc1nnc(C(=O)C2CC2)o1. The molecule has 70 valence electrons. The largest absolute Gasteiger partial charge is 0.418 e. The smallest absolute Gasteiger partial charge is 0.284 e. The Labute approximate surface area is 76.3 Å². The normalized spacial score (nSPS) is 16.1. The van der Waals surface area contributed by atoms with Crippen LogP contribution in [-0.2, 0) is 6.42 Å². The molecule has 1 saturated carbocycles. The van der Waals surface area contributed by atoms with Crippen molar-refractivity contribution < 1.29 is 9.21 Å². The van der Waals surface area contributed by atoms with Crippen molar-refractivity contribution in [1.82, 2.24) is 10.2 Å². The van der Waals surface area contributed by atoms with Gasteiger partial charge in [0.1, 0.15) is 0 Å². The topological polar surface area (TPSA) is 56.0 Å². The molecule has 13 heavy (non-hydrogen) atoms. The summed E-state index contributed by atoms with van der Waals surface area (Å²) in [5.41, 5.74) is 0. The third-order valence-electron chi connectivity index (χ3n) is 2.09. The van der Waals surface area contributed by atoms with Gasteiger partial charge in [0.25, 0.3) is 5.89 Å². The van der Waals surface area contributed by atoms with Crippen LogP contribution in [0.3, 0.4) is 0 Å². The minimum absolute atomic E-state index is 0.0230. The van der Waals surface area contributed by atoms with E-state index in [2.05, 4.69) is 10.2 Å². The maximum absolute atomic E-state index is 11.4. The van der Waals surface area contributed by atoms with Crippen molar-refractivity contribution in [3.8, 4) is 0 Å². The lowest BCUT2D eigenvalue weighted by molar-refractivity contribution is 0.0931. The van der Waals surface area contributed by atoms with Gasteiger partial charge in [0.05, 0.1) is 0 Å². The summed E-state index contributed by atoms with van der Waals surface area (Å²) in [5.74, 6) is 0.960. The van der Waals surface area contributed by atoms with Gasteiger partial charge in [-0.05, 0) is 19.3 Å². The minimum atomic E-state index is 0.0230. The number of carbonyl (C=O) groups excluding carboxylic acids is 1. The lowest BCUT2D eigenvalue weighted by atomic mass is 10.3. The first-order valence-corrected chi connectivity index (χ1v) is 4.68. The second-order valence-electron chi connectivity index (χ2n) is 3.39. The van der Waals surface area contributed by atoms with Gasteiger partial charge in [-0.1, -0.05) is 6.92 Å². The summed E-state index contributed by atoms with van der Waals surface area (Å²) in [6.45, 7) is 2.03. The molecule has 0 unspecified atom stereocenters. The maximum atomic E-state index is 11.4. The zero-order valence-corrected chi connectivity index (χ0v) is 7.62. The van der Waals surface area contributed by atoms with E-state index in [0.29, 0.717) is 5.89 Å². The summed E-state index contributed by atoms with van der Waals surface area (Å²) in [4.78, 5) is 11.4. The van der Waals surface area contributed by atoms with Gasteiger partial charge in [0.15, 0.2) is 0 Å². The van der Waals surface area contributed by atoms with Crippen molar-refractivity contribution in [1.29, 1.82) is 0 Å². The van der Waals surface area contributed by atoms with Gasteiger partial charge in [-0.15, -0.1) is 10.2 Å². The molecule has 0 amide bonds. The number of carbonyl (C=O) groups is 1. The Bertz CT molecular complexity index is 315. The molecular formula is C9H12N2O2. The number of hydrogen-bond donors (Lipinski definition) is 0. The molecule has 0 saturated heterocycles.